The van der Waals surface area contributed by atoms with Gasteiger partial charge in [-0.25, -0.2) is 9.97 Å². The third-order valence-electron chi connectivity index (χ3n) is 3.31. The Kier molecular flexibility index (Phi) is 3.51. The van der Waals surface area contributed by atoms with Gasteiger partial charge in [-0.1, -0.05) is 17.4 Å². The SMILES string of the molecule is COc1cccc2sc(Nc3nc(-c4ccc(C)o4)cs3)nc12. The van der Waals surface area contributed by atoms with Crippen LogP contribution in [0.15, 0.2) is 40.1 Å². The van der Waals surface area contributed by atoms with Gasteiger partial charge in [0, 0.05) is 5.38 Å². The van der Waals surface area contributed by atoms with E-state index in [0.29, 0.717) is 0 Å². The highest BCUT2D eigenvalue weighted by atomic mass is 32.1. The Balaban J connectivity index is 1.62. The summed E-state index contributed by atoms with van der Waals surface area (Å²) in [5.74, 6) is 2.43. The lowest BCUT2D eigenvalue weighted by Crippen LogP contribution is -1.88. The molecule has 0 bridgehead atoms. The lowest BCUT2D eigenvalue weighted by molar-refractivity contribution is 0.419. The fourth-order valence-corrected chi connectivity index (χ4v) is 3.90. The molecule has 0 saturated heterocycles. The van der Waals surface area contributed by atoms with Crippen LogP contribution in [0.4, 0.5) is 10.3 Å². The molecular weight excluding hydrogens is 330 g/mol. The maximum atomic E-state index is 5.60. The number of ether oxygens (including phenoxy) is 1. The number of para-hydroxylation sites is 1. The van der Waals surface area contributed by atoms with Crippen LogP contribution in [0.5, 0.6) is 5.75 Å². The van der Waals surface area contributed by atoms with Crippen LogP contribution < -0.4 is 10.1 Å². The van der Waals surface area contributed by atoms with E-state index in [4.69, 9.17) is 9.15 Å². The maximum Gasteiger partial charge on any atom is 0.190 e. The first kappa shape index (κ1) is 14.2. The first-order chi connectivity index (χ1) is 11.2. The highest BCUT2D eigenvalue weighted by molar-refractivity contribution is 7.22. The van der Waals surface area contributed by atoms with Crippen molar-refractivity contribution in [1.82, 2.24) is 9.97 Å². The van der Waals surface area contributed by atoms with Crippen LogP contribution in [0.2, 0.25) is 0 Å². The van der Waals surface area contributed by atoms with Crippen molar-refractivity contribution < 1.29 is 9.15 Å². The van der Waals surface area contributed by atoms with Crippen molar-refractivity contribution in [3.8, 4) is 17.2 Å². The molecule has 0 saturated carbocycles. The molecule has 0 aliphatic rings. The molecule has 0 aliphatic heterocycles. The molecule has 7 heteroatoms. The highest BCUT2D eigenvalue weighted by Gasteiger charge is 2.12. The fourth-order valence-electron chi connectivity index (χ4n) is 2.25. The Morgan fingerprint density at radius 1 is 1.13 bits per heavy atom. The second kappa shape index (κ2) is 5.68. The molecule has 0 unspecified atom stereocenters. The third kappa shape index (κ3) is 2.69. The summed E-state index contributed by atoms with van der Waals surface area (Å²) in [5, 5.41) is 6.80. The van der Waals surface area contributed by atoms with E-state index in [2.05, 4.69) is 15.3 Å². The van der Waals surface area contributed by atoms with Gasteiger partial charge in [0.05, 0.1) is 11.8 Å². The average molecular weight is 343 g/mol. The zero-order valence-electron chi connectivity index (χ0n) is 12.5. The lowest BCUT2D eigenvalue weighted by atomic mass is 10.3. The van der Waals surface area contributed by atoms with Crippen LogP contribution >= 0.6 is 22.7 Å². The number of hydrogen-bond donors (Lipinski definition) is 1. The zero-order valence-corrected chi connectivity index (χ0v) is 14.1. The minimum absolute atomic E-state index is 0.776. The van der Waals surface area contributed by atoms with Crippen LogP contribution in [-0.4, -0.2) is 17.1 Å². The zero-order chi connectivity index (χ0) is 15.8. The van der Waals surface area contributed by atoms with Gasteiger partial charge < -0.3 is 14.5 Å². The Morgan fingerprint density at radius 3 is 2.83 bits per heavy atom. The molecule has 0 aliphatic carbocycles. The van der Waals surface area contributed by atoms with Crippen molar-refractivity contribution in [3.63, 3.8) is 0 Å². The van der Waals surface area contributed by atoms with E-state index >= 15 is 0 Å². The van der Waals surface area contributed by atoms with Gasteiger partial charge >= 0.3 is 0 Å². The monoisotopic (exact) mass is 343 g/mol. The van der Waals surface area contributed by atoms with Crippen molar-refractivity contribution >= 4 is 43.2 Å². The van der Waals surface area contributed by atoms with E-state index in [9.17, 15) is 0 Å². The van der Waals surface area contributed by atoms with Gasteiger partial charge in [0.2, 0.25) is 0 Å². The van der Waals surface area contributed by atoms with Gasteiger partial charge in [0.1, 0.15) is 22.7 Å². The van der Waals surface area contributed by atoms with Gasteiger partial charge in [-0.15, -0.1) is 11.3 Å². The van der Waals surface area contributed by atoms with E-state index in [-0.39, 0.29) is 0 Å². The van der Waals surface area contributed by atoms with Gasteiger partial charge in [0.15, 0.2) is 16.0 Å². The molecule has 1 N–H and O–H groups in total. The molecule has 0 radical (unpaired) electrons. The predicted molar refractivity (Wildman–Crippen MR) is 94.0 cm³/mol. The number of thiazole rings is 2. The summed E-state index contributed by atoms with van der Waals surface area (Å²) < 4.78 is 12.0. The quantitative estimate of drug-likeness (QED) is 0.560. The normalized spacial score (nSPS) is 11.0. The second-order valence-corrected chi connectivity index (χ2v) is 6.79. The molecule has 3 aromatic heterocycles. The van der Waals surface area contributed by atoms with E-state index in [1.165, 1.54) is 11.3 Å². The van der Waals surface area contributed by atoms with Gasteiger partial charge in [-0.3, -0.25) is 0 Å². The van der Waals surface area contributed by atoms with E-state index in [0.717, 1.165) is 43.4 Å². The number of hydrogen-bond acceptors (Lipinski definition) is 7. The first-order valence-electron chi connectivity index (χ1n) is 6.96. The molecule has 116 valence electrons. The number of anilines is 2. The van der Waals surface area contributed by atoms with Crippen molar-refractivity contribution in [2.24, 2.45) is 0 Å². The molecule has 0 amide bonds. The Labute approximate surface area is 140 Å². The smallest absolute Gasteiger partial charge is 0.190 e. The molecular formula is C16H13N3O2S2. The molecule has 0 atom stereocenters. The average Bonchev–Trinajstić information content (AvgIpc) is 3.25. The number of benzene rings is 1. The number of rotatable bonds is 4. The largest absolute Gasteiger partial charge is 0.494 e. The Hall–Kier alpha value is -2.38. The van der Waals surface area contributed by atoms with Gasteiger partial charge in [-0.05, 0) is 31.2 Å². The van der Waals surface area contributed by atoms with E-state index < -0.39 is 0 Å². The summed E-state index contributed by atoms with van der Waals surface area (Å²) in [6.45, 7) is 1.92. The van der Waals surface area contributed by atoms with Crippen molar-refractivity contribution in [2.75, 3.05) is 12.4 Å². The number of nitrogens with zero attached hydrogens (tertiary/aromatic N) is 2. The van der Waals surface area contributed by atoms with Crippen LogP contribution in [-0.2, 0) is 0 Å². The number of fused-ring (bicyclic) bond motifs is 1. The number of aromatic nitrogens is 2. The molecule has 3 heterocycles. The number of nitrogens with one attached hydrogen (secondary N) is 1. The summed E-state index contributed by atoms with van der Waals surface area (Å²) in [6.07, 6.45) is 0. The fraction of sp³-hybridized carbons (Fsp3) is 0.125. The minimum atomic E-state index is 0.776. The van der Waals surface area contributed by atoms with Gasteiger partial charge in [0.25, 0.3) is 0 Å². The van der Waals surface area contributed by atoms with E-state index in [1.807, 2.05) is 42.6 Å². The molecule has 1 aromatic carbocycles. The standard InChI is InChI=1S/C16H13N3O2S2/c1-9-6-7-11(21-9)10-8-22-15(17-10)19-16-18-14-12(20-2)4-3-5-13(14)23-16/h3-8H,1-2H3,(H,17,18,19). The topological polar surface area (TPSA) is 60.2 Å². The third-order valence-corrected chi connectivity index (χ3v) is 5.01. The molecule has 0 spiro atoms. The number of aryl methyl sites for hydroxylation is 1. The summed E-state index contributed by atoms with van der Waals surface area (Å²) in [4.78, 5) is 9.14. The Morgan fingerprint density at radius 2 is 2.04 bits per heavy atom. The summed E-state index contributed by atoms with van der Waals surface area (Å²) in [7, 11) is 1.65. The lowest BCUT2D eigenvalue weighted by Gasteiger charge is -1.98. The molecule has 4 aromatic rings. The van der Waals surface area contributed by atoms with Crippen molar-refractivity contribution in [1.29, 1.82) is 0 Å². The minimum Gasteiger partial charge on any atom is -0.494 e. The maximum absolute atomic E-state index is 5.60. The van der Waals surface area contributed by atoms with Crippen LogP contribution in [0.25, 0.3) is 21.7 Å². The summed E-state index contributed by atoms with van der Waals surface area (Å²) in [5.41, 5.74) is 1.69. The van der Waals surface area contributed by atoms with Crippen LogP contribution in [0.3, 0.4) is 0 Å². The molecule has 0 fully saturated rings. The van der Waals surface area contributed by atoms with Crippen LogP contribution in [0, 0.1) is 6.92 Å². The van der Waals surface area contributed by atoms with Crippen molar-refractivity contribution in [2.45, 2.75) is 6.92 Å². The first-order valence-corrected chi connectivity index (χ1v) is 8.65. The number of furan rings is 1. The highest BCUT2D eigenvalue weighted by Crippen LogP contribution is 2.35. The Bertz CT molecular complexity index is 971. The second-order valence-electron chi connectivity index (χ2n) is 4.90. The summed E-state index contributed by atoms with van der Waals surface area (Å²) >= 11 is 3.09. The summed E-state index contributed by atoms with van der Waals surface area (Å²) in [6, 6.07) is 9.76. The van der Waals surface area contributed by atoms with E-state index in [1.54, 1.807) is 18.4 Å². The number of methoxy groups -OCH3 is 1. The molecule has 5 nitrogen and oxygen atoms in total. The van der Waals surface area contributed by atoms with Crippen molar-refractivity contribution in [3.05, 3.63) is 41.5 Å². The van der Waals surface area contributed by atoms with Crippen LogP contribution in [0.1, 0.15) is 5.76 Å². The van der Waals surface area contributed by atoms with Gasteiger partial charge in [-0.2, -0.15) is 0 Å². The molecule has 23 heavy (non-hydrogen) atoms. The molecule has 4 rings (SSSR count). The predicted octanol–water partition coefficient (Wildman–Crippen LogP) is 5.07.